The quantitative estimate of drug-likeness (QED) is 0.947. The van der Waals surface area contributed by atoms with Crippen molar-refractivity contribution in [2.75, 3.05) is 0 Å². The summed E-state index contributed by atoms with van der Waals surface area (Å²) < 4.78 is 15.5. The smallest absolute Gasteiger partial charge is 0.123 e. The highest BCUT2D eigenvalue weighted by Crippen LogP contribution is 2.20. The van der Waals surface area contributed by atoms with Crippen LogP contribution in [0.4, 0.5) is 4.39 Å². The fourth-order valence-electron chi connectivity index (χ4n) is 1.50. The van der Waals surface area contributed by atoms with Crippen molar-refractivity contribution < 1.29 is 9.50 Å². The zero-order valence-corrected chi connectivity index (χ0v) is 11.6. The van der Waals surface area contributed by atoms with Gasteiger partial charge in [0.1, 0.15) is 17.1 Å². The lowest BCUT2D eigenvalue weighted by Gasteiger charge is -2.11. The molecule has 2 rings (SSSR count). The first-order valence-corrected chi connectivity index (χ1v) is 6.22. The molecule has 0 aliphatic rings. The first kappa shape index (κ1) is 13.2. The summed E-state index contributed by atoms with van der Waals surface area (Å²) in [4.78, 5) is 0. The van der Waals surface area contributed by atoms with E-state index in [-0.39, 0.29) is 5.82 Å². The molecule has 0 fully saturated rings. The van der Waals surface area contributed by atoms with Gasteiger partial charge in [-0.25, -0.2) is 9.07 Å². The Morgan fingerprint density at radius 2 is 2.17 bits per heavy atom. The van der Waals surface area contributed by atoms with Crippen molar-refractivity contribution in [1.29, 1.82) is 0 Å². The Hall–Kier alpha value is -1.27. The zero-order chi connectivity index (χ0) is 13.3. The van der Waals surface area contributed by atoms with E-state index in [1.165, 1.54) is 12.1 Å². The molecule has 0 radical (unpaired) electrons. The number of halogens is 2. The number of nitrogens with zero attached hydrogens (tertiary/aromatic N) is 3. The van der Waals surface area contributed by atoms with Crippen LogP contribution in [0.1, 0.15) is 25.1 Å². The fourth-order valence-corrected chi connectivity index (χ4v) is 1.87. The van der Waals surface area contributed by atoms with Gasteiger partial charge in [0, 0.05) is 4.47 Å². The molecule has 0 amide bonds. The van der Waals surface area contributed by atoms with Crippen LogP contribution in [0.5, 0.6) is 0 Å². The molecule has 1 N–H and O–H groups in total. The van der Waals surface area contributed by atoms with Gasteiger partial charge in [0.05, 0.1) is 12.7 Å². The molecule has 1 aromatic carbocycles. The van der Waals surface area contributed by atoms with Crippen molar-refractivity contribution in [3.05, 3.63) is 45.9 Å². The zero-order valence-electron chi connectivity index (χ0n) is 10.1. The highest BCUT2D eigenvalue weighted by molar-refractivity contribution is 9.10. The normalized spacial score (nSPS) is 11.8. The lowest BCUT2D eigenvalue weighted by molar-refractivity contribution is 0.0737. The Morgan fingerprint density at radius 1 is 1.44 bits per heavy atom. The van der Waals surface area contributed by atoms with Gasteiger partial charge in [-0.05, 0) is 37.6 Å². The Kier molecular flexibility index (Phi) is 3.49. The molecule has 1 heterocycles. The Morgan fingerprint density at radius 3 is 2.78 bits per heavy atom. The molecule has 0 atom stereocenters. The van der Waals surface area contributed by atoms with Gasteiger partial charge < -0.3 is 5.11 Å². The van der Waals surface area contributed by atoms with Crippen LogP contribution in [0, 0.1) is 5.82 Å². The second kappa shape index (κ2) is 4.78. The van der Waals surface area contributed by atoms with Crippen LogP contribution < -0.4 is 0 Å². The Labute approximate surface area is 113 Å². The van der Waals surface area contributed by atoms with E-state index in [0.717, 1.165) is 10.0 Å². The van der Waals surface area contributed by atoms with E-state index in [0.29, 0.717) is 12.2 Å². The van der Waals surface area contributed by atoms with E-state index in [4.69, 9.17) is 0 Å². The second-order valence-electron chi connectivity index (χ2n) is 4.60. The van der Waals surface area contributed by atoms with Gasteiger partial charge >= 0.3 is 0 Å². The largest absolute Gasteiger partial charge is 0.384 e. The summed E-state index contributed by atoms with van der Waals surface area (Å²) in [5.41, 5.74) is 0.217. The number of aliphatic hydroxyl groups is 1. The summed E-state index contributed by atoms with van der Waals surface area (Å²) in [6.07, 6.45) is 1.65. The van der Waals surface area contributed by atoms with Crippen molar-refractivity contribution in [3.8, 4) is 0 Å². The molecule has 0 aliphatic carbocycles. The molecule has 18 heavy (non-hydrogen) atoms. The molecular formula is C12H13BrFN3O. The standard InChI is InChI=1S/C12H13BrFN3O/c1-12(2,18)11-7-17(16-15-11)6-8-5-9(14)3-4-10(8)13/h3-5,7,18H,6H2,1-2H3. The Bertz CT molecular complexity index is 563. The van der Waals surface area contributed by atoms with Crippen molar-refractivity contribution in [1.82, 2.24) is 15.0 Å². The van der Waals surface area contributed by atoms with Crippen molar-refractivity contribution in [2.24, 2.45) is 0 Å². The molecule has 2 aromatic rings. The molecule has 0 saturated heterocycles. The molecule has 96 valence electrons. The van der Waals surface area contributed by atoms with Gasteiger partial charge in [-0.1, -0.05) is 21.1 Å². The molecule has 4 nitrogen and oxygen atoms in total. The summed E-state index contributed by atoms with van der Waals surface area (Å²) in [6, 6.07) is 4.48. The highest BCUT2D eigenvalue weighted by atomic mass is 79.9. The molecule has 1 aromatic heterocycles. The van der Waals surface area contributed by atoms with E-state index < -0.39 is 5.60 Å². The lowest BCUT2D eigenvalue weighted by Crippen LogP contribution is -2.15. The summed E-state index contributed by atoms with van der Waals surface area (Å²) in [6.45, 7) is 3.67. The van der Waals surface area contributed by atoms with E-state index in [2.05, 4.69) is 26.2 Å². The topological polar surface area (TPSA) is 50.9 Å². The van der Waals surface area contributed by atoms with Crippen molar-refractivity contribution in [2.45, 2.75) is 26.0 Å². The van der Waals surface area contributed by atoms with Crippen LogP contribution >= 0.6 is 15.9 Å². The molecule has 0 aliphatic heterocycles. The Balaban J connectivity index is 2.24. The molecular weight excluding hydrogens is 301 g/mol. The highest BCUT2D eigenvalue weighted by Gasteiger charge is 2.20. The number of aromatic nitrogens is 3. The van der Waals surface area contributed by atoms with Gasteiger partial charge in [-0.3, -0.25) is 0 Å². The SMILES string of the molecule is CC(C)(O)c1cn(Cc2cc(F)ccc2Br)nn1. The van der Waals surface area contributed by atoms with Crippen LogP contribution in [-0.4, -0.2) is 20.1 Å². The first-order valence-electron chi connectivity index (χ1n) is 5.43. The maximum Gasteiger partial charge on any atom is 0.123 e. The van der Waals surface area contributed by atoms with Crippen LogP contribution in [0.3, 0.4) is 0 Å². The number of hydrogen-bond donors (Lipinski definition) is 1. The third-order valence-electron chi connectivity index (χ3n) is 2.51. The average Bonchev–Trinajstić information content (AvgIpc) is 2.71. The summed E-state index contributed by atoms with van der Waals surface area (Å²) >= 11 is 3.36. The third-order valence-corrected chi connectivity index (χ3v) is 3.28. The first-order chi connectivity index (χ1) is 8.36. The van der Waals surface area contributed by atoms with Gasteiger partial charge in [-0.2, -0.15) is 0 Å². The minimum Gasteiger partial charge on any atom is -0.384 e. The maximum absolute atomic E-state index is 13.1. The lowest BCUT2D eigenvalue weighted by atomic mass is 10.1. The molecule has 0 unspecified atom stereocenters. The molecule has 0 bridgehead atoms. The van der Waals surface area contributed by atoms with Crippen molar-refractivity contribution >= 4 is 15.9 Å². The van der Waals surface area contributed by atoms with Crippen molar-refractivity contribution in [3.63, 3.8) is 0 Å². The summed E-state index contributed by atoms with van der Waals surface area (Å²) in [5, 5.41) is 17.6. The number of benzene rings is 1. The van der Waals surface area contributed by atoms with Gasteiger partial charge in [0.2, 0.25) is 0 Å². The van der Waals surface area contributed by atoms with Crippen LogP contribution in [0.15, 0.2) is 28.9 Å². The third kappa shape index (κ3) is 2.94. The monoisotopic (exact) mass is 313 g/mol. The fraction of sp³-hybridized carbons (Fsp3) is 0.333. The van der Waals surface area contributed by atoms with E-state index in [1.54, 1.807) is 30.8 Å². The predicted octanol–water partition coefficient (Wildman–Crippen LogP) is 2.46. The molecule has 6 heteroatoms. The average molecular weight is 314 g/mol. The van der Waals surface area contributed by atoms with E-state index >= 15 is 0 Å². The summed E-state index contributed by atoms with van der Waals surface area (Å²) in [5.74, 6) is -0.295. The molecule has 0 saturated carbocycles. The van der Waals surface area contributed by atoms with Gasteiger partial charge in [0.25, 0.3) is 0 Å². The minimum atomic E-state index is -1.03. The van der Waals surface area contributed by atoms with Crippen LogP contribution in [0.2, 0.25) is 0 Å². The molecule has 0 spiro atoms. The van der Waals surface area contributed by atoms with Crippen LogP contribution in [0.25, 0.3) is 0 Å². The number of hydrogen-bond acceptors (Lipinski definition) is 3. The minimum absolute atomic E-state index is 0.295. The van der Waals surface area contributed by atoms with E-state index in [1.807, 2.05) is 0 Å². The van der Waals surface area contributed by atoms with Gasteiger partial charge in [-0.15, -0.1) is 5.10 Å². The number of rotatable bonds is 3. The predicted molar refractivity (Wildman–Crippen MR) is 68.5 cm³/mol. The van der Waals surface area contributed by atoms with Crippen LogP contribution in [-0.2, 0) is 12.1 Å². The summed E-state index contributed by atoms with van der Waals surface area (Å²) in [7, 11) is 0. The van der Waals surface area contributed by atoms with Gasteiger partial charge in [0.15, 0.2) is 0 Å². The maximum atomic E-state index is 13.1. The second-order valence-corrected chi connectivity index (χ2v) is 5.45. The van der Waals surface area contributed by atoms with E-state index in [9.17, 15) is 9.50 Å².